The van der Waals surface area contributed by atoms with Gasteiger partial charge in [0.2, 0.25) is 0 Å². The van der Waals surface area contributed by atoms with Crippen molar-refractivity contribution in [2.45, 2.75) is 134 Å². The second kappa shape index (κ2) is 11.8. The van der Waals surface area contributed by atoms with E-state index in [0.29, 0.717) is 6.42 Å². The monoisotopic (exact) mass is 567 g/mol. The van der Waals surface area contributed by atoms with Gasteiger partial charge in [0.1, 0.15) is 6.07 Å². The van der Waals surface area contributed by atoms with Crippen molar-refractivity contribution in [1.29, 1.82) is 5.26 Å². The van der Waals surface area contributed by atoms with Crippen LogP contribution in [-0.4, -0.2) is 24.6 Å². The Hall–Kier alpha value is -2.22. The first-order valence-corrected chi connectivity index (χ1v) is 15.6. The lowest BCUT2D eigenvalue weighted by atomic mass is 9.40. The molecule has 0 bridgehead atoms. The van der Waals surface area contributed by atoms with E-state index < -0.39 is 16.2 Å². The molecule has 0 spiro atoms. The third kappa shape index (κ3) is 6.14. The Labute approximate surface area is 250 Å². The van der Waals surface area contributed by atoms with Crippen LogP contribution in [-0.2, 0) is 19.1 Å². The lowest BCUT2D eigenvalue weighted by Gasteiger charge is -2.62. The molecular formula is C36H57NO4. The Balaban J connectivity index is 2.61. The number of hydrogen-bond acceptors (Lipinski definition) is 5. The second-order valence-corrected chi connectivity index (χ2v) is 15.8. The smallest absolute Gasteiger partial charge is 0.311 e. The molecule has 0 unspecified atom stereocenters. The van der Waals surface area contributed by atoms with Crippen LogP contribution in [0.4, 0.5) is 0 Å². The summed E-state index contributed by atoms with van der Waals surface area (Å²) < 4.78 is 5.34. The number of esters is 1. The second-order valence-electron chi connectivity index (χ2n) is 15.8. The van der Waals surface area contributed by atoms with Crippen molar-refractivity contribution < 1.29 is 19.1 Å². The molecule has 1 fully saturated rings. The van der Waals surface area contributed by atoms with Gasteiger partial charge in [-0.3, -0.25) is 14.4 Å². The third-order valence-electron chi connectivity index (χ3n) is 11.8. The van der Waals surface area contributed by atoms with Crippen LogP contribution < -0.4 is 0 Å². The quantitative estimate of drug-likeness (QED) is 0.184. The molecule has 0 aromatic rings. The molecule has 0 N–H and O–H groups in total. The predicted molar refractivity (Wildman–Crippen MR) is 166 cm³/mol. The van der Waals surface area contributed by atoms with Crippen LogP contribution in [0.15, 0.2) is 22.8 Å². The van der Waals surface area contributed by atoms with E-state index >= 15 is 0 Å². The summed E-state index contributed by atoms with van der Waals surface area (Å²) in [5, 5.41) is 10.1. The molecular weight excluding hydrogens is 510 g/mol. The molecule has 5 nitrogen and oxygen atoms in total. The van der Waals surface area contributed by atoms with Gasteiger partial charge in [0.15, 0.2) is 11.6 Å². The van der Waals surface area contributed by atoms with Gasteiger partial charge >= 0.3 is 5.97 Å². The fourth-order valence-corrected chi connectivity index (χ4v) is 8.28. The SMILES string of the molecule is CCCC(C)(C)CC[C@@](C)(CCC(C)(C)[C@]1(C)CC[C@H]2C(C)(C)C(=O)C(C#N)=C(C)[C@]2(C)/C1=C/C(C)=O)C(=O)OC. The fraction of sp³-hybridized carbons (Fsp3) is 0.778. The van der Waals surface area contributed by atoms with E-state index in [4.69, 9.17) is 4.74 Å². The van der Waals surface area contributed by atoms with Crippen LogP contribution >= 0.6 is 0 Å². The number of nitrogens with zero attached hydrogens (tertiary/aromatic N) is 1. The Bertz CT molecular complexity index is 1160. The van der Waals surface area contributed by atoms with E-state index in [9.17, 15) is 19.6 Å². The molecule has 0 saturated heterocycles. The lowest BCUT2D eigenvalue weighted by Crippen LogP contribution is -2.57. The Morgan fingerprint density at radius 2 is 1.59 bits per heavy atom. The summed E-state index contributed by atoms with van der Waals surface area (Å²) in [7, 11) is 1.48. The Morgan fingerprint density at radius 3 is 2.07 bits per heavy atom. The lowest BCUT2D eigenvalue weighted by molar-refractivity contribution is -0.153. The first-order chi connectivity index (χ1) is 18.6. The normalized spacial score (nSPS) is 29.0. The van der Waals surface area contributed by atoms with Crippen LogP contribution in [0.3, 0.4) is 0 Å². The highest BCUT2D eigenvalue weighted by Gasteiger charge is 2.63. The molecule has 0 aliphatic heterocycles. The molecule has 0 aromatic heterocycles. The zero-order valence-electron chi connectivity index (χ0n) is 28.4. The maximum atomic E-state index is 13.4. The van der Waals surface area contributed by atoms with Crippen LogP contribution in [0, 0.1) is 49.7 Å². The number of hydrogen-bond donors (Lipinski definition) is 0. The first-order valence-electron chi connectivity index (χ1n) is 15.6. The number of Topliss-reactive ketones (excluding diaryl/α,β-unsaturated/α-hetero) is 1. The zero-order chi connectivity index (χ0) is 31.8. The van der Waals surface area contributed by atoms with E-state index in [-0.39, 0.29) is 45.3 Å². The minimum atomic E-state index is -0.713. The highest BCUT2D eigenvalue weighted by molar-refractivity contribution is 6.05. The molecule has 230 valence electrons. The van der Waals surface area contributed by atoms with Crippen molar-refractivity contribution in [2.24, 2.45) is 38.4 Å². The molecule has 0 aromatic carbocycles. The number of rotatable bonds is 11. The van der Waals surface area contributed by atoms with Gasteiger partial charge in [-0.2, -0.15) is 5.26 Å². The molecule has 0 heterocycles. The summed E-state index contributed by atoms with van der Waals surface area (Å²) in [6.07, 6.45) is 8.83. The molecule has 4 atom stereocenters. The molecule has 2 aliphatic carbocycles. The molecule has 1 saturated carbocycles. The van der Waals surface area contributed by atoms with Crippen molar-refractivity contribution in [2.75, 3.05) is 7.11 Å². The largest absolute Gasteiger partial charge is 0.469 e. The van der Waals surface area contributed by atoms with Crippen LogP contribution in [0.25, 0.3) is 0 Å². The summed E-state index contributed by atoms with van der Waals surface area (Å²) >= 11 is 0. The number of nitriles is 1. The standard InChI is InChI=1S/C36H57NO4/c1-14-16-31(4,5)18-20-34(10,30(40)41-13)21-19-32(6,7)35(11)17-15-27-33(8,9)29(39)26(23-37)25(3)36(27,12)28(35)22-24(2)38/h22,27H,14-21H2,1-13H3/b28-22+/t27-,34-,35+,36-/m0/s1. The van der Waals surface area contributed by atoms with Crippen molar-refractivity contribution in [3.63, 3.8) is 0 Å². The Morgan fingerprint density at radius 1 is 1.02 bits per heavy atom. The molecule has 5 heteroatoms. The van der Waals surface area contributed by atoms with Crippen molar-refractivity contribution in [1.82, 2.24) is 0 Å². The Kier molecular flexibility index (Phi) is 10.1. The van der Waals surface area contributed by atoms with Gasteiger partial charge in [-0.1, -0.05) is 68.7 Å². The van der Waals surface area contributed by atoms with Crippen molar-refractivity contribution >= 4 is 17.5 Å². The molecule has 2 rings (SSSR count). The van der Waals surface area contributed by atoms with Crippen molar-refractivity contribution in [3.05, 3.63) is 22.8 Å². The summed E-state index contributed by atoms with van der Waals surface area (Å²) in [4.78, 5) is 39.5. The van der Waals surface area contributed by atoms with Gasteiger partial charge in [-0.25, -0.2) is 0 Å². The molecule has 0 radical (unpaired) electrons. The van der Waals surface area contributed by atoms with Crippen molar-refractivity contribution in [3.8, 4) is 6.07 Å². The minimum absolute atomic E-state index is 0.0183. The highest BCUT2D eigenvalue weighted by atomic mass is 16.5. The van der Waals surface area contributed by atoms with Crippen LogP contribution in [0.5, 0.6) is 0 Å². The number of ether oxygens (including phenoxy) is 1. The zero-order valence-corrected chi connectivity index (χ0v) is 28.4. The van der Waals surface area contributed by atoms with Crippen LogP contribution in [0.1, 0.15) is 134 Å². The third-order valence-corrected chi connectivity index (χ3v) is 11.8. The van der Waals surface area contributed by atoms with E-state index in [1.165, 1.54) is 7.11 Å². The van der Waals surface area contributed by atoms with Crippen LogP contribution in [0.2, 0.25) is 0 Å². The predicted octanol–water partition coefficient (Wildman–Crippen LogP) is 8.97. The molecule has 2 aliphatic rings. The molecule has 0 amide bonds. The average Bonchev–Trinajstić information content (AvgIpc) is 2.87. The number of allylic oxidation sites excluding steroid dienone is 4. The van der Waals surface area contributed by atoms with E-state index in [1.54, 1.807) is 13.0 Å². The first kappa shape index (κ1) is 35.0. The van der Waals surface area contributed by atoms with Gasteiger partial charge in [-0.15, -0.1) is 0 Å². The summed E-state index contributed by atoms with van der Waals surface area (Å²) in [6.45, 7) is 25.1. The van der Waals surface area contributed by atoms with E-state index in [0.717, 1.165) is 56.1 Å². The topological polar surface area (TPSA) is 84.2 Å². The minimum Gasteiger partial charge on any atom is -0.469 e. The van der Waals surface area contributed by atoms with E-state index in [2.05, 4.69) is 54.5 Å². The van der Waals surface area contributed by atoms with Gasteiger partial charge in [-0.05, 0) is 105 Å². The van der Waals surface area contributed by atoms with Gasteiger partial charge in [0, 0.05) is 10.8 Å². The maximum absolute atomic E-state index is 13.4. The van der Waals surface area contributed by atoms with Gasteiger partial charge in [0.25, 0.3) is 0 Å². The number of ketones is 2. The average molecular weight is 568 g/mol. The summed E-state index contributed by atoms with van der Waals surface area (Å²) in [6, 6.07) is 2.22. The number of methoxy groups -OCH3 is 1. The fourth-order valence-electron chi connectivity index (χ4n) is 8.28. The summed E-state index contributed by atoms with van der Waals surface area (Å²) in [5.74, 6) is -0.298. The number of carbonyl (C=O) groups is 3. The highest BCUT2D eigenvalue weighted by Crippen LogP contribution is 2.68. The van der Waals surface area contributed by atoms with E-state index in [1.807, 2.05) is 27.7 Å². The van der Waals surface area contributed by atoms with Gasteiger partial charge in [0.05, 0.1) is 18.1 Å². The number of fused-ring (bicyclic) bond motifs is 1. The van der Waals surface area contributed by atoms with Gasteiger partial charge < -0.3 is 4.74 Å². The maximum Gasteiger partial charge on any atom is 0.311 e. The molecule has 41 heavy (non-hydrogen) atoms. The number of carbonyl (C=O) groups excluding carboxylic acids is 3. The summed E-state index contributed by atoms with van der Waals surface area (Å²) in [5.41, 5.74) is -0.405.